The molecule has 0 aliphatic carbocycles. The summed E-state index contributed by atoms with van der Waals surface area (Å²) in [6, 6.07) is -0.427. The minimum Gasteiger partial charge on any atom is -0.346 e. The van der Waals surface area contributed by atoms with Crippen molar-refractivity contribution in [2.75, 3.05) is 26.7 Å². The van der Waals surface area contributed by atoms with Gasteiger partial charge in [-0.1, -0.05) is 0 Å². The van der Waals surface area contributed by atoms with Crippen LogP contribution in [0.15, 0.2) is 0 Å². The number of likely N-dealkylation sites (tertiary alicyclic amines) is 1. The van der Waals surface area contributed by atoms with E-state index in [9.17, 15) is 9.59 Å². The summed E-state index contributed by atoms with van der Waals surface area (Å²) < 4.78 is 0. The molecule has 5 nitrogen and oxygen atoms in total. The van der Waals surface area contributed by atoms with Gasteiger partial charge in [0.25, 0.3) is 0 Å². The molecule has 0 aromatic carbocycles. The lowest BCUT2D eigenvalue weighted by molar-refractivity contribution is -0.131. The zero-order valence-corrected chi connectivity index (χ0v) is 10.3. The normalized spacial score (nSPS) is 22.0. The Balaban J connectivity index is 2.41. The Hall–Kier alpha value is -1.10. The van der Waals surface area contributed by atoms with E-state index in [1.807, 2.05) is 0 Å². The molecular weight excluding hydrogens is 206 g/mol. The first-order valence-electron chi connectivity index (χ1n) is 5.68. The van der Waals surface area contributed by atoms with Crippen molar-refractivity contribution in [1.82, 2.24) is 9.80 Å². The van der Waals surface area contributed by atoms with Crippen LogP contribution in [0.3, 0.4) is 0 Å². The molecule has 0 aromatic rings. The summed E-state index contributed by atoms with van der Waals surface area (Å²) in [6.45, 7) is 5.46. The Bertz CT molecular complexity index is 278. The standard InChI is InChI=1S/C11H21N3O2/c1-8(12)11(16)14-5-4-10(7-14)6-13(3)9(2)15/h8,10H,4-7,12H2,1-3H3/t8-,10+/m0/s1. The van der Waals surface area contributed by atoms with Gasteiger partial charge in [0.1, 0.15) is 0 Å². The minimum atomic E-state index is -0.427. The van der Waals surface area contributed by atoms with Crippen molar-refractivity contribution in [3.8, 4) is 0 Å². The molecule has 1 saturated heterocycles. The summed E-state index contributed by atoms with van der Waals surface area (Å²) in [5, 5.41) is 0. The molecule has 92 valence electrons. The molecule has 1 rings (SSSR count). The van der Waals surface area contributed by atoms with Gasteiger partial charge in [0.2, 0.25) is 11.8 Å². The van der Waals surface area contributed by atoms with Crippen LogP contribution >= 0.6 is 0 Å². The summed E-state index contributed by atoms with van der Waals surface area (Å²) in [7, 11) is 1.79. The zero-order valence-electron chi connectivity index (χ0n) is 10.3. The van der Waals surface area contributed by atoms with Crippen molar-refractivity contribution in [1.29, 1.82) is 0 Å². The largest absolute Gasteiger partial charge is 0.346 e. The van der Waals surface area contributed by atoms with Gasteiger partial charge in [-0.25, -0.2) is 0 Å². The number of hydrogen-bond donors (Lipinski definition) is 1. The Morgan fingerprint density at radius 1 is 1.56 bits per heavy atom. The number of nitrogens with two attached hydrogens (primary N) is 1. The SMILES string of the molecule is CC(=O)N(C)C[C@H]1CCN(C(=O)[C@H](C)N)C1. The first kappa shape index (κ1) is 13.0. The highest BCUT2D eigenvalue weighted by atomic mass is 16.2. The summed E-state index contributed by atoms with van der Waals surface area (Å²) in [4.78, 5) is 26.2. The van der Waals surface area contributed by atoms with Gasteiger partial charge < -0.3 is 15.5 Å². The molecular formula is C11H21N3O2. The fraction of sp³-hybridized carbons (Fsp3) is 0.818. The van der Waals surface area contributed by atoms with Gasteiger partial charge in [0, 0.05) is 33.6 Å². The van der Waals surface area contributed by atoms with E-state index in [-0.39, 0.29) is 11.8 Å². The van der Waals surface area contributed by atoms with E-state index in [0.29, 0.717) is 5.92 Å². The highest BCUT2D eigenvalue weighted by Crippen LogP contribution is 2.17. The average molecular weight is 227 g/mol. The molecule has 1 aliphatic heterocycles. The van der Waals surface area contributed by atoms with Crippen molar-refractivity contribution >= 4 is 11.8 Å². The minimum absolute atomic E-state index is 0.00739. The quantitative estimate of drug-likeness (QED) is 0.717. The third-order valence-corrected chi connectivity index (χ3v) is 3.06. The molecule has 0 spiro atoms. The maximum Gasteiger partial charge on any atom is 0.239 e. The van der Waals surface area contributed by atoms with Crippen LogP contribution in [-0.2, 0) is 9.59 Å². The van der Waals surface area contributed by atoms with Gasteiger partial charge in [-0.3, -0.25) is 9.59 Å². The Labute approximate surface area is 96.6 Å². The van der Waals surface area contributed by atoms with E-state index >= 15 is 0 Å². The molecule has 1 heterocycles. The summed E-state index contributed by atoms with van der Waals surface area (Å²) >= 11 is 0. The van der Waals surface area contributed by atoms with Crippen LogP contribution in [0, 0.1) is 5.92 Å². The maximum atomic E-state index is 11.6. The third-order valence-electron chi connectivity index (χ3n) is 3.06. The van der Waals surface area contributed by atoms with Gasteiger partial charge in [-0.05, 0) is 19.3 Å². The number of carbonyl (C=O) groups excluding carboxylic acids is 2. The Morgan fingerprint density at radius 2 is 2.19 bits per heavy atom. The van der Waals surface area contributed by atoms with Gasteiger partial charge in [0.05, 0.1) is 6.04 Å². The molecule has 5 heteroatoms. The molecule has 0 aromatic heterocycles. The zero-order chi connectivity index (χ0) is 12.3. The van der Waals surface area contributed by atoms with E-state index in [4.69, 9.17) is 5.73 Å². The van der Waals surface area contributed by atoms with Crippen LogP contribution in [0.4, 0.5) is 0 Å². The molecule has 0 radical (unpaired) electrons. The molecule has 0 saturated carbocycles. The summed E-state index contributed by atoms with van der Waals surface area (Å²) in [6.07, 6.45) is 0.954. The second-order valence-corrected chi connectivity index (χ2v) is 4.63. The third kappa shape index (κ3) is 3.20. The lowest BCUT2D eigenvalue weighted by atomic mass is 10.1. The van der Waals surface area contributed by atoms with E-state index in [1.54, 1.807) is 30.7 Å². The van der Waals surface area contributed by atoms with Crippen molar-refractivity contribution < 1.29 is 9.59 Å². The molecule has 0 unspecified atom stereocenters. The van der Waals surface area contributed by atoms with E-state index in [0.717, 1.165) is 26.1 Å². The van der Waals surface area contributed by atoms with Gasteiger partial charge >= 0.3 is 0 Å². The predicted molar refractivity (Wildman–Crippen MR) is 61.6 cm³/mol. The molecule has 0 bridgehead atoms. The molecule has 2 atom stereocenters. The molecule has 2 amide bonds. The predicted octanol–water partition coefficient (Wildman–Crippen LogP) is -0.340. The van der Waals surface area contributed by atoms with Crippen molar-refractivity contribution in [2.45, 2.75) is 26.3 Å². The topological polar surface area (TPSA) is 66.6 Å². The second kappa shape index (κ2) is 5.30. The molecule has 1 fully saturated rings. The Morgan fingerprint density at radius 3 is 2.69 bits per heavy atom. The van der Waals surface area contributed by atoms with Crippen molar-refractivity contribution in [3.63, 3.8) is 0 Å². The second-order valence-electron chi connectivity index (χ2n) is 4.63. The first-order chi connectivity index (χ1) is 7.41. The fourth-order valence-electron chi connectivity index (χ4n) is 1.99. The highest BCUT2D eigenvalue weighted by Gasteiger charge is 2.28. The molecule has 2 N–H and O–H groups in total. The lowest BCUT2D eigenvalue weighted by Crippen LogP contribution is -2.41. The van der Waals surface area contributed by atoms with Gasteiger partial charge in [0.15, 0.2) is 0 Å². The summed E-state index contributed by atoms with van der Waals surface area (Å²) in [5.41, 5.74) is 5.55. The van der Waals surface area contributed by atoms with Crippen LogP contribution < -0.4 is 5.73 Å². The van der Waals surface area contributed by atoms with Crippen LogP contribution in [0.25, 0.3) is 0 Å². The number of amides is 2. The first-order valence-corrected chi connectivity index (χ1v) is 5.68. The van der Waals surface area contributed by atoms with Crippen LogP contribution in [-0.4, -0.2) is 54.3 Å². The van der Waals surface area contributed by atoms with Crippen LogP contribution in [0.5, 0.6) is 0 Å². The van der Waals surface area contributed by atoms with Crippen molar-refractivity contribution in [2.24, 2.45) is 11.7 Å². The van der Waals surface area contributed by atoms with E-state index in [2.05, 4.69) is 0 Å². The van der Waals surface area contributed by atoms with E-state index < -0.39 is 6.04 Å². The number of carbonyl (C=O) groups is 2. The van der Waals surface area contributed by atoms with Crippen LogP contribution in [0.1, 0.15) is 20.3 Å². The van der Waals surface area contributed by atoms with Crippen molar-refractivity contribution in [3.05, 3.63) is 0 Å². The van der Waals surface area contributed by atoms with Gasteiger partial charge in [-0.2, -0.15) is 0 Å². The molecule has 16 heavy (non-hydrogen) atoms. The number of rotatable bonds is 3. The summed E-state index contributed by atoms with van der Waals surface area (Å²) in [5.74, 6) is 0.460. The van der Waals surface area contributed by atoms with Gasteiger partial charge in [-0.15, -0.1) is 0 Å². The smallest absolute Gasteiger partial charge is 0.239 e. The number of nitrogens with zero attached hydrogens (tertiary/aromatic N) is 2. The van der Waals surface area contributed by atoms with Crippen LogP contribution in [0.2, 0.25) is 0 Å². The number of hydrogen-bond acceptors (Lipinski definition) is 3. The highest BCUT2D eigenvalue weighted by molar-refractivity contribution is 5.81. The van der Waals surface area contributed by atoms with E-state index in [1.165, 1.54) is 0 Å². The monoisotopic (exact) mass is 227 g/mol. The fourth-order valence-corrected chi connectivity index (χ4v) is 1.99. The average Bonchev–Trinajstić information content (AvgIpc) is 2.64. The lowest BCUT2D eigenvalue weighted by Gasteiger charge is -2.21. The molecule has 1 aliphatic rings. The maximum absolute atomic E-state index is 11.6. The Kier molecular flexibility index (Phi) is 4.29.